The summed E-state index contributed by atoms with van der Waals surface area (Å²) in [7, 11) is 1.50. The molecule has 1 N–H and O–H groups in total. The van der Waals surface area contributed by atoms with Gasteiger partial charge >= 0.3 is 0 Å². The van der Waals surface area contributed by atoms with Gasteiger partial charge < -0.3 is 10.1 Å². The van der Waals surface area contributed by atoms with Crippen molar-refractivity contribution >= 4 is 22.7 Å². The van der Waals surface area contributed by atoms with E-state index in [1.54, 1.807) is 17.4 Å². The number of nitro benzene ring substituents is 1. The molecular formula is C13H14N2O3S. The van der Waals surface area contributed by atoms with Crippen molar-refractivity contribution in [1.29, 1.82) is 0 Å². The second-order valence-electron chi connectivity index (χ2n) is 4.02. The number of ether oxygens (including phenoxy) is 1. The Bertz CT molecular complexity index is 595. The number of nitrogens with one attached hydrogen (secondary N) is 1. The van der Waals surface area contributed by atoms with E-state index < -0.39 is 4.92 Å². The third kappa shape index (κ3) is 3.03. The van der Waals surface area contributed by atoms with E-state index >= 15 is 0 Å². The van der Waals surface area contributed by atoms with Crippen LogP contribution in [0.5, 0.6) is 5.75 Å². The van der Waals surface area contributed by atoms with Gasteiger partial charge in [-0.15, -0.1) is 11.3 Å². The molecule has 19 heavy (non-hydrogen) atoms. The van der Waals surface area contributed by atoms with Gasteiger partial charge in [0.15, 0.2) is 0 Å². The molecule has 0 unspecified atom stereocenters. The highest BCUT2D eigenvalue weighted by Gasteiger charge is 2.11. The fraction of sp³-hybridized carbons (Fsp3) is 0.231. The molecule has 0 aliphatic rings. The highest BCUT2D eigenvalue weighted by molar-refractivity contribution is 7.10. The van der Waals surface area contributed by atoms with Crippen LogP contribution in [0.2, 0.25) is 0 Å². The number of nitrogens with zero attached hydrogens (tertiary/aromatic N) is 1. The number of hydrogen-bond acceptors (Lipinski definition) is 5. The number of aryl methyl sites for hydroxylation is 1. The molecule has 0 fully saturated rings. The van der Waals surface area contributed by atoms with Crippen LogP contribution in [0.15, 0.2) is 29.6 Å². The molecule has 6 heteroatoms. The van der Waals surface area contributed by atoms with Crippen LogP contribution in [0.3, 0.4) is 0 Å². The molecule has 0 atom stereocenters. The first-order valence-electron chi connectivity index (χ1n) is 5.71. The molecule has 0 aliphatic carbocycles. The maximum Gasteiger partial charge on any atom is 0.273 e. The lowest BCUT2D eigenvalue weighted by atomic mass is 10.2. The number of anilines is 1. The van der Waals surface area contributed by atoms with Crippen molar-refractivity contribution in [2.24, 2.45) is 0 Å². The standard InChI is InChI=1S/C13H14N2O3S/c1-9-5-6-19-13(9)8-14-11-4-3-10(15(16)17)7-12(11)18-2/h3-7,14H,8H2,1-2H3. The maximum absolute atomic E-state index is 10.7. The van der Waals surface area contributed by atoms with Crippen molar-refractivity contribution in [3.8, 4) is 5.75 Å². The largest absolute Gasteiger partial charge is 0.494 e. The fourth-order valence-electron chi connectivity index (χ4n) is 1.70. The molecule has 0 aliphatic heterocycles. The van der Waals surface area contributed by atoms with Gasteiger partial charge in [-0.25, -0.2) is 0 Å². The molecule has 0 bridgehead atoms. The molecule has 2 aromatic rings. The molecule has 0 radical (unpaired) electrons. The lowest BCUT2D eigenvalue weighted by molar-refractivity contribution is -0.384. The summed E-state index contributed by atoms with van der Waals surface area (Å²) >= 11 is 1.68. The number of rotatable bonds is 5. The quantitative estimate of drug-likeness (QED) is 0.670. The Morgan fingerprint density at radius 1 is 1.42 bits per heavy atom. The Morgan fingerprint density at radius 2 is 2.21 bits per heavy atom. The lowest BCUT2D eigenvalue weighted by Gasteiger charge is -2.10. The van der Waals surface area contributed by atoms with Crippen molar-refractivity contribution in [2.75, 3.05) is 12.4 Å². The number of methoxy groups -OCH3 is 1. The summed E-state index contributed by atoms with van der Waals surface area (Å²) in [6.45, 7) is 2.73. The number of non-ortho nitro benzene ring substituents is 1. The molecular weight excluding hydrogens is 264 g/mol. The van der Waals surface area contributed by atoms with Gasteiger partial charge in [-0.1, -0.05) is 0 Å². The third-order valence-electron chi connectivity index (χ3n) is 2.80. The van der Waals surface area contributed by atoms with E-state index in [1.165, 1.54) is 29.7 Å². The summed E-state index contributed by atoms with van der Waals surface area (Å²) in [6, 6.07) is 6.62. The Morgan fingerprint density at radius 3 is 2.79 bits per heavy atom. The first-order valence-corrected chi connectivity index (χ1v) is 6.59. The summed E-state index contributed by atoms with van der Waals surface area (Å²) in [5.74, 6) is 0.475. The molecule has 5 nitrogen and oxygen atoms in total. The number of hydrogen-bond donors (Lipinski definition) is 1. The van der Waals surface area contributed by atoms with E-state index in [0.717, 1.165) is 5.69 Å². The van der Waals surface area contributed by atoms with Gasteiger partial charge in [-0.2, -0.15) is 0 Å². The molecule has 0 amide bonds. The molecule has 1 heterocycles. The average molecular weight is 278 g/mol. The van der Waals surface area contributed by atoms with E-state index in [-0.39, 0.29) is 5.69 Å². The highest BCUT2D eigenvalue weighted by Crippen LogP contribution is 2.30. The van der Waals surface area contributed by atoms with E-state index in [4.69, 9.17) is 4.74 Å². The van der Waals surface area contributed by atoms with Crippen LogP contribution in [0, 0.1) is 17.0 Å². The minimum Gasteiger partial charge on any atom is -0.494 e. The van der Waals surface area contributed by atoms with E-state index in [9.17, 15) is 10.1 Å². The van der Waals surface area contributed by atoms with Crippen molar-refractivity contribution in [3.63, 3.8) is 0 Å². The van der Waals surface area contributed by atoms with Gasteiger partial charge in [0.1, 0.15) is 5.75 Å². The number of thiophene rings is 1. The van der Waals surface area contributed by atoms with Gasteiger partial charge in [0.25, 0.3) is 5.69 Å². The smallest absolute Gasteiger partial charge is 0.273 e. The van der Waals surface area contributed by atoms with Gasteiger partial charge in [0, 0.05) is 17.5 Å². The number of nitro groups is 1. The Hall–Kier alpha value is -2.08. The van der Waals surface area contributed by atoms with Gasteiger partial charge in [-0.3, -0.25) is 10.1 Å². The monoisotopic (exact) mass is 278 g/mol. The van der Waals surface area contributed by atoms with Crippen molar-refractivity contribution in [2.45, 2.75) is 13.5 Å². The van der Waals surface area contributed by atoms with E-state index in [2.05, 4.69) is 18.3 Å². The molecule has 0 saturated carbocycles. The summed E-state index contributed by atoms with van der Waals surface area (Å²) in [5.41, 5.74) is 2.01. The third-order valence-corrected chi connectivity index (χ3v) is 3.83. The van der Waals surface area contributed by atoms with Crippen LogP contribution in [0.4, 0.5) is 11.4 Å². The Labute approximate surface area is 115 Å². The van der Waals surface area contributed by atoms with Crippen LogP contribution in [-0.2, 0) is 6.54 Å². The average Bonchev–Trinajstić information content (AvgIpc) is 2.81. The van der Waals surface area contributed by atoms with E-state index in [1.807, 2.05) is 5.38 Å². The van der Waals surface area contributed by atoms with Crippen molar-refractivity contribution in [1.82, 2.24) is 0 Å². The second kappa shape index (κ2) is 5.71. The van der Waals surface area contributed by atoms with Crippen molar-refractivity contribution in [3.05, 3.63) is 50.2 Å². The number of benzene rings is 1. The SMILES string of the molecule is COc1cc([N+](=O)[O-])ccc1NCc1sccc1C. The molecule has 0 spiro atoms. The highest BCUT2D eigenvalue weighted by atomic mass is 32.1. The predicted octanol–water partition coefficient (Wildman–Crippen LogP) is 3.59. The summed E-state index contributed by atoms with van der Waals surface area (Å²) in [5, 5.41) is 16.0. The maximum atomic E-state index is 10.7. The Balaban J connectivity index is 2.16. The Kier molecular flexibility index (Phi) is 4.01. The zero-order chi connectivity index (χ0) is 13.8. The van der Waals surface area contributed by atoms with Crippen LogP contribution in [0.25, 0.3) is 0 Å². The van der Waals surface area contributed by atoms with Gasteiger partial charge in [0.2, 0.25) is 0 Å². The zero-order valence-corrected chi connectivity index (χ0v) is 11.5. The molecule has 1 aromatic heterocycles. The summed E-state index contributed by atoms with van der Waals surface area (Å²) in [6.07, 6.45) is 0. The van der Waals surface area contributed by atoms with Crippen LogP contribution >= 0.6 is 11.3 Å². The first kappa shape index (κ1) is 13.4. The minimum absolute atomic E-state index is 0.0229. The molecule has 0 saturated heterocycles. The van der Waals surface area contributed by atoms with Crippen LogP contribution in [-0.4, -0.2) is 12.0 Å². The molecule has 2 rings (SSSR count). The second-order valence-corrected chi connectivity index (χ2v) is 5.02. The fourth-order valence-corrected chi connectivity index (χ4v) is 2.55. The topological polar surface area (TPSA) is 64.4 Å². The normalized spacial score (nSPS) is 10.2. The van der Waals surface area contributed by atoms with Crippen molar-refractivity contribution < 1.29 is 9.66 Å². The molecule has 1 aromatic carbocycles. The lowest BCUT2D eigenvalue weighted by Crippen LogP contribution is -2.01. The molecule has 100 valence electrons. The summed E-state index contributed by atoms with van der Waals surface area (Å²) in [4.78, 5) is 11.5. The predicted molar refractivity (Wildman–Crippen MR) is 76.0 cm³/mol. The van der Waals surface area contributed by atoms with Gasteiger partial charge in [0.05, 0.1) is 23.8 Å². The zero-order valence-electron chi connectivity index (χ0n) is 10.7. The van der Waals surface area contributed by atoms with Crippen LogP contribution in [0.1, 0.15) is 10.4 Å². The van der Waals surface area contributed by atoms with Crippen LogP contribution < -0.4 is 10.1 Å². The minimum atomic E-state index is -0.435. The van der Waals surface area contributed by atoms with Gasteiger partial charge in [-0.05, 0) is 30.0 Å². The van der Waals surface area contributed by atoms with E-state index in [0.29, 0.717) is 12.3 Å². The summed E-state index contributed by atoms with van der Waals surface area (Å²) < 4.78 is 5.17. The first-order chi connectivity index (χ1) is 9.11.